The number of hydrogen-bond donors (Lipinski definition) is 12. The van der Waals surface area contributed by atoms with E-state index in [1.807, 2.05) is 146 Å². The Bertz CT molecular complexity index is 5280. The fourth-order valence-electron chi connectivity index (χ4n) is 10.4. The molecule has 0 spiro atoms. The van der Waals surface area contributed by atoms with Crippen LogP contribution in [0.4, 0.5) is 34.1 Å². The molecule has 1 aliphatic rings. The van der Waals surface area contributed by atoms with Gasteiger partial charge in [-0.3, -0.25) is 32.6 Å². The lowest BCUT2D eigenvalue weighted by Crippen LogP contribution is -2.23. The largest absolute Gasteiger partial charge is 0.460 e. The molecule has 0 aromatic heterocycles. The zero-order valence-electron chi connectivity index (χ0n) is 64.7. The van der Waals surface area contributed by atoms with Gasteiger partial charge in [-0.15, -0.1) is 0 Å². The van der Waals surface area contributed by atoms with Crippen molar-refractivity contribution in [3.05, 3.63) is 351 Å². The number of hydrogen-bond acceptors (Lipinski definition) is 21. The summed E-state index contributed by atoms with van der Waals surface area (Å²) in [5.41, 5.74) is 25.6. The van der Waals surface area contributed by atoms with Crippen molar-refractivity contribution in [3.63, 3.8) is 0 Å². The molecule has 12 aromatic rings. The highest BCUT2D eigenvalue weighted by atomic mass is 79.9. The van der Waals surface area contributed by atoms with E-state index in [0.29, 0.717) is 33.4 Å². The van der Waals surface area contributed by atoms with Crippen LogP contribution in [0, 0.1) is 0 Å². The average molecular weight is 2230 g/mol. The van der Waals surface area contributed by atoms with E-state index < -0.39 is 23.0 Å². The lowest BCUT2D eigenvalue weighted by molar-refractivity contribution is 0.443. The first-order valence-electron chi connectivity index (χ1n) is 36.9. The van der Waals surface area contributed by atoms with Crippen molar-refractivity contribution in [2.45, 2.75) is 0 Å². The molecule has 1 atom stereocenters. The maximum absolute atomic E-state index is 7.37. The minimum atomic E-state index is -4.64. The van der Waals surface area contributed by atoms with Gasteiger partial charge in [0.25, 0.3) is 0 Å². The summed E-state index contributed by atoms with van der Waals surface area (Å²) in [4.78, 5) is 0. The van der Waals surface area contributed by atoms with Gasteiger partial charge in [0.05, 0.1) is 37.3 Å². The van der Waals surface area contributed by atoms with Gasteiger partial charge in [-0.1, -0.05) is 109 Å². The van der Waals surface area contributed by atoms with Crippen LogP contribution in [0.5, 0.6) is 34.5 Å². The average Bonchev–Trinajstić information content (AvgIpc) is 0.728. The van der Waals surface area contributed by atoms with Crippen molar-refractivity contribution in [1.82, 2.24) is 32.6 Å². The quantitative estimate of drug-likeness (QED) is 0.00861. The Kier molecular flexibility index (Phi) is 33.9. The summed E-state index contributed by atoms with van der Waals surface area (Å²) < 4.78 is 66.3. The molecule has 42 heteroatoms. The van der Waals surface area contributed by atoms with Gasteiger partial charge in [0.2, 0.25) is 0 Å². The predicted octanol–water partition coefficient (Wildman–Crippen LogP) is 24.8. The molecule has 0 amide bonds. The zero-order valence-corrected chi connectivity index (χ0v) is 81.8. The van der Waals surface area contributed by atoms with Crippen LogP contribution in [0.15, 0.2) is 362 Å². The van der Waals surface area contributed by atoms with Crippen molar-refractivity contribution in [1.29, 1.82) is 0 Å². The maximum atomic E-state index is 7.37. The number of halogens is 6. The molecule has 636 valence electrons. The Balaban J connectivity index is 0.940. The fourth-order valence-corrected chi connectivity index (χ4v) is 22.1. The van der Waals surface area contributed by atoms with Crippen LogP contribution in [0.25, 0.3) is 0 Å². The molecular formula is C84H66Br6N21O6P3S6. The monoisotopic (exact) mass is 2220 g/mol. The van der Waals surface area contributed by atoms with Gasteiger partial charge in [-0.2, -0.15) is 30.6 Å². The number of thiocarbonyl (C=S) groups is 6. The Hall–Kier alpha value is -10.8. The van der Waals surface area contributed by atoms with Crippen LogP contribution in [0.3, 0.4) is 0 Å². The van der Waals surface area contributed by atoms with Crippen LogP contribution < -0.4 is 91.6 Å². The van der Waals surface area contributed by atoms with Crippen LogP contribution in [-0.4, -0.2) is 68.0 Å². The Labute approximate surface area is 807 Å². The summed E-state index contributed by atoms with van der Waals surface area (Å²) in [5.74, 6) is 1.13. The second kappa shape index (κ2) is 46.1. The van der Waals surface area contributed by atoms with E-state index in [2.05, 4.69) is 191 Å². The third-order valence-electron chi connectivity index (χ3n) is 16.2. The third kappa shape index (κ3) is 30.2. The molecule has 27 nitrogen and oxygen atoms in total. The second-order valence-electron chi connectivity index (χ2n) is 25.7. The van der Waals surface area contributed by atoms with Crippen molar-refractivity contribution >= 4 is 294 Å². The second-order valence-corrected chi connectivity index (χ2v) is 39.8. The van der Waals surface area contributed by atoms with Crippen molar-refractivity contribution < 1.29 is 27.1 Å². The molecule has 13 rings (SSSR count). The topological polar surface area (TPSA) is 311 Å². The normalized spacial score (nSPS) is 13.7. The molecule has 0 bridgehead atoms. The number of hydrazone groups is 6. The van der Waals surface area contributed by atoms with Crippen molar-refractivity contribution in [3.8, 4) is 34.5 Å². The molecule has 0 saturated carbocycles. The molecule has 0 saturated heterocycles. The van der Waals surface area contributed by atoms with Crippen LogP contribution in [0.2, 0.25) is 0 Å². The molecule has 12 aromatic carbocycles. The van der Waals surface area contributed by atoms with E-state index in [1.54, 1.807) is 183 Å². The summed E-state index contributed by atoms with van der Waals surface area (Å²) >= 11 is 54.5. The van der Waals surface area contributed by atoms with Gasteiger partial charge in [0, 0.05) is 61.0 Å². The highest BCUT2D eigenvalue weighted by Crippen LogP contribution is 2.78. The number of nitrogens with zero attached hydrogens (tertiary/aromatic N) is 9. The lowest BCUT2D eigenvalue weighted by Gasteiger charge is -2.33. The molecule has 1 unspecified atom stereocenters. The summed E-state index contributed by atoms with van der Waals surface area (Å²) in [7, 11) is -13.9. The maximum Gasteiger partial charge on any atom is 0.460 e. The van der Waals surface area contributed by atoms with Gasteiger partial charge in [-0.25, -0.2) is 0 Å². The Morgan fingerprint density at radius 1 is 0.206 bits per heavy atom. The highest BCUT2D eigenvalue weighted by Gasteiger charge is 2.49. The van der Waals surface area contributed by atoms with Gasteiger partial charge >= 0.3 is 23.0 Å². The summed E-state index contributed by atoms with van der Waals surface area (Å²) in [5, 5.41) is 46.9. The van der Waals surface area contributed by atoms with E-state index in [-0.39, 0.29) is 65.2 Å². The van der Waals surface area contributed by atoms with Gasteiger partial charge < -0.3 is 59.0 Å². The molecule has 1 aliphatic heterocycles. The molecule has 0 radical (unpaired) electrons. The van der Waals surface area contributed by atoms with Crippen LogP contribution in [-0.2, 0) is 0 Å². The van der Waals surface area contributed by atoms with Crippen molar-refractivity contribution in [2.24, 2.45) is 44.2 Å². The number of nitrogens with one attached hydrogen (secondary N) is 12. The van der Waals surface area contributed by atoms with Crippen molar-refractivity contribution in [2.75, 3.05) is 31.9 Å². The van der Waals surface area contributed by atoms with E-state index >= 15 is 0 Å². The van der Waals surface area contributed by atoms with Crippen LogP contribution in [0.1, 0.15) is 33.4 Å². The molecule has 0 fully saturated rings. The molecule has 1 heterocycles. The first kappa shape index (κ1) is 92.8. The Morgan fingerprint density at radius 3 is 0.460 bits per heavy atom. The summed E-state index contributed by atoms with van der Waals surface area (Å²) in [6.45, 7) is 0. The summed E-state index contributed by atoms with van der Waals surface area (Å²) in [6.07, 6.45) is 9.53. The highest BCUT2D eigenvalue weighted by molar-refractivity contribution is 9.11. The Morgan fingerprint density at radius 2 is 0.333 bits per heavy atom. The van der Waals surface area contributed by atoms with Crippen LogP contribution >= 0.6 is 192 Å². The molecular weight excluding hydrogens is 2160 g/mol. The third-order valence-corrected chi connectivity index (χ3v) is 28.6. The van der Waals surface area contributed by atoms with E-state index in [0.717, 1.165) is 61.0 Å². The molecule has 126 heavy (non-hydrogen) atoms. The molecule has 0 aliphatic carbocycles. The predicted molar refractivity (Wildman–Crippen MR) is 557 cm³/mol. The first-order valence-corrected chi connectivity index (χ1v) is 48.7. The zero-order chi connectivity index (χ0) is 88.1. The van der Waals surface area contributed by atoms with E-state index in [9.17, 15) is 0 Å². The van der Waals surface area contributed by atoms with Gasteiger partial charge in [0.15, 0.2) is 30.7 Å². The fraction of sp³-hybridized carbons (Fsp3) is 0. The van der Waals surface area contributed by atoms with E-state index in [4.69, 9.17) is 114 Å². The number of rotatable bonds is 30. The van der Waals surface area contributed by atoms with Gasteiger partial charge in [0.1, 0.15) is 34.5 Å². The van der Waals surface area contributed by atoms with E-state index in [1.165, 1.54) is 0 Å². The summed E-state index contributed by atoms with van der Waals surface area (Å²) in [6, 6.07) is 86.8. The minimum absolute atomic E-state index is 0.189. The van der Waals surface area contributed by atoms with Gasteiger partial charge in [-0.05, 0) is 398 Å². The smallest absolute Gasteiger partial charge is 0.413 e. The number of benzene rings is 12. The minimum Gasteiger partial charge on any atom is -0.413 e. The SMILES string of the molecule is S=C(N/N=C\c1ccc(OP2(Oc3ccc(/C=N\NC(=S)Nc4ccc(Br)cc4)cc3)=NP(Oc3ccc(/C=N\NC(=S)Nc4ccc(Br)cc4)cc3)(Oc3ccc(/C=N/NC(=S)Nc4ccc(Br)cc4)cc3)=NP(Oc3ccc(/C=N/NC(=S)Nc4ccc(Br)cc4)cc3)(Oc3ccc(/C=N/NC(=S)Nc4ccc(Br)cc4)cc3)=N2)cc1)Nc1ccc(Br)cc1. The molecule has 12 N–H and O–H groups in total. The number of anilines is 6. The standard InChI is InChI=1S/C84H66Br6N21O6P3S6/c85-61-13-25-67(26-14-61)97-79(121)103-91-49-55-1-37-73(38-2-55)112-118(113-74-39-3-56(4-40-74)50-92-104-80(122)98-68-27-15-62(86)16-28-68)109-119(114-75-41-5-57(6-42-75)51-93-105-81(123)99-69-29-17-63(87)18-30-69,115-76-43-7-58(8-44-76)52-94-106-82(124)100-70-31-19-64(88)20-32-70)111-120(110-118,116-77-45-9-59(10-46-77)53-95-107-83(125)101-71-33-21-65(89)22-34-71)117-78-47-11-60(12-48-78)54-96-108-84(126)102-72-35-23-66(90)24-36-72/h1-54H,(H2,97,103,121)(H2,98,104,122)(H2,99,105,123)(H2,100,106,124)(H2,101,107,125)(H2,102,108,126)/b91-49-,92-50-,93-51-,94-52+,95-53+,96-54+. The lowest BCUT2D eigenvalue weighted by atomic mass is 10.2. The first-order chi connectivity index (χ1) is 61.0.